The van der Waals surface area contributed by atoms with E-state index in [-0.39, 0.29) is 11.3 Å². The number of ether oxygens (including phenoxy) is 1. The van der Waals surface area contributed by atoms with Crippen molar-refractivity contribution in [2.24, 2.45) is 11.0 Å². The Morgan fingerprint density at radius 2 is 2.20 bits per heavy atom. The average Bonchev–Trinajstić information content (AvgIpc) is 2.56. The van der Waals surface area contributed by atoms with Gasteiger partial charge in [0.1, 0.15) is 0 Å². The molecular weight excluding hydrogens is 334 g/mol. The first-order chi connectivity index (χ1) is 11.8. The topological polar surface area (TPSA) is 65.9 Å². The molecule has 0 saturated heterocycles. The van der Waals surface area contributed by atoms with Crippen LogP contribution in [0.1, 0.15) is 45.6 Å². The van der Waals surface area contributed by atoms with Gasteiger partial charge in [0.2, 0.25) is 0 Å². The number of phenols is 1. The zero-order valence-corrected chi connectivity index (χ0v) is 16.1. The van der Waals surface area contributed by atoms with Gasteiger partial charge in [0.05, 0.1) is 13.3 Å². The number of hydrogen-bond acceptors (Lipinski definition) is 4. The lowest BCUT2D eigenvalue weighted by Gasteiger charge is -2.37. The van der Waals surface area contributed by atoms with Crippen molar-refractivity contribution in [1.82, 2.24) is 10.7 Å². The molecule has 0 aromatic heterocycles. The molecule has 25 heavy (non-hydrogen) atoms. The highest BCUT2D eigenvalue weighted by Gasteiger charge is 2.30. The summed E-state index contributed by atoms with van der Waals surface area (Å²) in [5.41, 5.74) is 5.04. The van der Waals surface area contributed by atoms with Gasteiger partial charge < -0.3 is 15.2 Å². The van der Waals surface area contributed by atoms with Crippen LogP contribution in [0.4, 0.5) is 0 Å². The highest BCUT2D eigenvalue weighted by Crippen LogP contribution is 2.31. The van der Waals surface area contributed by atoms with Crippen LogP contribution in [0, 0.1) is 5.92 Å². The van der Waals surface area contributed by atoms with Crippen LogP contribution in [0.25, 0.3) is 0 Å². The van der Waals surface area contributed by atoms with Crippen molar-refractivity contribution in [2.45, 2.75) is 45.6 Å². The second-order valence-corrected chi connectivity index (χ2v) is 7.41. The van der Waals surface area contributed by atoms with Gasteiger partial charge in [-0.05, 0) is 81.9 Å². The summed E-state index contributed by atoms with van der Waals surface area (Å²) in [5, 5.41) is 17.6. The summed E-state index contributed by atoms with van der Waals surface area (Å²) in [4.78, 5) is 0. The van der Waals surface area contributed by atoms with Crippen molar-refractivity contribution in [2.75, 3.05) is 7.11 Å². The van der Waals surface area contributed by atoms with E-state index in [0.29, 0.717) is 16.8 Å². The summed E-state index contributed by atoms with van der Waals surface area (Å²) in [6, 6.07) is 5.02. The molecule has 1 aliphatic carbocycles. The molecule has 0 saturated carbocycles. The smallest absolute Gasteiger partial charge is 0.187 e. The van der Waals surface area contributed by atoms with Gasteiger partial charge in [-0.2, -0.15) is 5.10 Å². The van der Waals surface area contributed by atoms with E-state index in [1.54, 1.807) is 24.4 Å². The number of nitrogens with zero attached hydrogens (tertiary/aromatic N) is 1. The fourth-order valence-corrected chi connectivity index (χ4v) is 3.30. The van der Waals surface area contributed by atoms with Crippen molar-refractivity contribution < 1.29 is 9.84 Å². The minimum absolute atomic E-state index is 0.0987. The maximum atomic E-state index is 9.60. The number of rotatable bonds is 5. The highest BCUT2D eigenvalue weighted by atomic mass is 32.1. The lowest BCUT2D eigenvalue weighted by molar-refractivity contribution is 0.265. The second-order valence-electron chi connectivity index (χ2n) is 7.00. The first-order valence-electron chi connectivity index (χ1n) is 8.45. The summed E-state index contributed by atoms with van der Waals surface area (Å²) >= 11 is 5.36. The van der Waals surface area contributed by atoms with E-state index in [4.69, 9.17) is 17.0 Å². The standard InChI is InChI=1S/C19H27N3O2S/c1-13-5-8-15(9-6-13)19(2,3)21-18(25)22-20-12-14-7-10-16(23)17(11-14)24-4/h5,7,10-12,15,23H,6,8-9H2,1-4H3,(H2,21,22,25)/b20-12+/t15-/m0/s1. The normalized spacial score (nSPS) is 17.9. The molecule has 0 bridgehead atoms. The molecule has 0 radical (unpaired) electrons. The number of allylic oxidation sites excluding steroid dienone is 2. The van der Waals surface area contributed by atoms with Crippen LogP contribution in [-0.2, 0) is 0 Å². The summed E-state index contributed by atoms with van der Waals surface area (Å²) in [7, 11) is 1.51. The molecule has 0 aliphatic heterocycles. The van der Waals surface area contributed by atoms with Crippen molar-refractivity contribution in [1.29, 1.82) is 0 Å². The lowest BCUT2D eigenvalue weighted by atomic mass is 9.77. The number of benzene rings is 1. The molecule has 5 nitrogen and oxygen atoms in total. The Labute approximate surface area is 155 Å². The van der Waals surface area contributed by atoms with Crippen LogP contribution in [-0.4, -0.2) is 29.1 Å². The Morgan fingerprint density at radius 3 is 2.84 bits per heavy atom. The molecule has 0 amide bonds. The molecular formula is C19H27N3O2S. The predicted molar refractivity (Wildman–Crippen MR) is 106 cm³/mol. The van der Waals surface area contributed by atoms with Crippen molar-refractivity contribution in [3.63, 3.8) is 0 Å². The minimum atomic E-state index is -0.0987. The Bertz CT molecular complexity index is 683. The Hall–Kier alpha value is -2.08. The zero-order valence-electron chi connectivity index (χ0n) is 15.3. The van der Waals surface area contributed by atoms with Crippen LogP contribution in [0.5, 0.6) is 11.5 Å². The molecule has 6 heteroatoms. The van der Waals surface area contributed by atoms with Crippen LogP contribution in [0.15, 0.2) is 34.9 Å². The number of thiocarbonyl (C=S) groups is 1. The van der Waals surface area contributed by atoms with Crippen molar-refractivity contribution >= 4 is 23.5 Å². The van der Waals surface area contributed by atoms with Gasteiger partial charge >= 0.3 is 0 Å². The quantitative estimate of drug-likeness (QED) is 0.323. The van der Waals surface area contributed by atoms with Gasteiger partial charge in [-0.25, -0.2) is 0 Å². The van der Waals surface area contributed by atoms with E-state index in [0.717, 1.165) is 18.4 Å². The third kappa shape index (κ3) is 5.46. The molecule has 1 atom stereocenters. The fraction of sp³-hybridized carbons (Fsp3) is 0.474. The monoisotopic (exact) mass is 361 g/mol. The average molecular weight is 362 g/mol. The van der Waals surface area contributed by atoms with E-state index in [1.165, 1.54) is 19.1 Å². The third-order valence-corrected chi connectivity index (χ3v) is 4.87. The largest absolute Gasteiger partial charge is 0.504 e. The number of phenolic OH excluding ortho intramolecular Hbond substituents is 1. The molecule has 0 unspecified atom stereocenters. The highest BCUT2D eigenvalue weighted by molar-refractivity contribution is 7.80. The van der Waals surface area contributed by atoms with E-state index in [1.807, 2.05) is 0 Å². The summed E-state index contributed by atoms with van der Waals surface area (Å²) in [5.74, 6) is 1.05. The van der Waals surface area contributed by atoms with Crippen molar-refractivity contribution in [3.05, 3.63) is 35.4 Å². The maximum Gasteiger partial charge on any atom is 0.187 e. The van der Waals surface area contributed by atoms with Gasteiger partial charge in [0, 0.05) is 5.54 Å². The summed E-state index contributed by atoms with van der Waals surface area (Å²) in [6.45, 7) is 6.54. The number of aromatic hydroxyl groups is 1. The molecule has 1 aliphatic rings. The molecule has 2 rings (SSSR count). The SMILES string of the molecule is COc1cc(/C=N/NC(=S)NC(C)(C)[C@H]2CC=C(C)CC2)ccc1O. The fourth-order valence-electron chi connectivity index (χ4n) is 2.98. The van der Waals surface area contributed by atoms with Crippen LogP contribution in [0.2, 0.25) is 0 Å². The molecule has 1 aromatic rings. The molecule has 3 N–H and O–H groups in total. The molecule has 0 spiro atoms. The molecule has 0 fully saturated rings. The van der Waals surface area contributed by atoms with Gasteiger partial charge in [-0.1, -0.05) is 11.6 Å². The first kappa shape index (κ1) is 19.2. The van der Waals surface area contributed by atoms with Crippen LogP contribution in [0.3, 0.4) is 0 Å². The predicted octanol–water partition coefficient (Wildman–Crippen LogP) is 3.72. The van der Waals surface area contributed by atoms with E-state index < -0.39 is 0 Å². The Balaban J connectivity index is 1.89. The van der Waals surface area contributed by atoms with Gasteiger partial charge in [0.25, 0.3) is 0 Å². The number of hydrazone groups is 1. The van der Waals surface area contributed by atoms with Gasteiger partial charge in [-0.3, -0.25) is 5.43 Å². The molecule has 1 aromatic carbocycles. The minimum Gasteiger partial charge on any atom is -0.504 e. The number of nitrogens with one attached hydrogen (secondary N) is 2. The van der Waals surface area contributed by atoms with Crippen LogP contribution >= 0.6 is 12.2 Å². The van der Waals surface area contributed by atoms with E-state index in [9.17, 15) is 5.11 Å². The maximum absolute atomic E-state index is 9.60. The number of methoxy groups -OCH3 is 1. The zero-order chi connectivity index (χ0) is 18.4. The van der Waals surface area contributed by atoms with Gasteiger partial charge in [-0.15, -0.1) is 0 Å². The molecule has 136 valence electrons. The third-order valence-electron chi connectivity index (χ3n) is 4.68. The lowest BCUT2D eigenvalue weighted by Crippen LogP contribution is -2.52. The Morgan fingerprint density at radius 1 is 1.44 bits per heavy atom. The molecule has 0 heterocycles. The number of hydrogen-bond donors (Lipinski definition) is 3. The Kier molecular flexibility index (Phi) is 6.42. The van der Waals surface area contributed by atoms with Crippen molar-refractivity contribution in [3.8, 4) is 11.5 Å². The summed E-state index contributed by atoms with van der Waals surface area (Å²) < 4.78 is 5.08. The first-order valence-corrected chi connectivity index (χ1v) is 8.86. The van der Waals surface area contributed by atoms with Gasteiger partial charge in [0.15, 0.2) is 16.6 Å². The second kappa shape index (κ2) is 8.34. The van der Waals surface area contributed by atoms with E-state index in [2.05, 4.69) is 42.7 Å². The van der Waals surface area contributed by atoms with E-state index >= 15 is 0 Å². The summed E-state index contributed by atoms with van der Waals surface area (Å²) in [6.07, 6.45) is 7.35. The van der Waals surface area contributed by atoms with Crippen LogP contribution < -0.4 is 15.5 Å².